The Kier molecular flexibility index (Phi) is 3.88. The van der Waals surface area contributed by atoms with Gasteiger partial charge in [-0.1, -0.05) is 11.6 Å². The molecule has 1 rings (SSSR count). The second kappa shape index (κ2) is 4.95. The smallest absolute Gasteiger partial charge is 0.228 e. The fourth-order valence-electron chi connectivity index (χ4n) is 0.871. The third-order valence-corrected chi connectivity index (χ3v) is 1.43. The molecule has 6 heteroatoms. The minimum Gasteiger partial charge on any atom is -0.352 e. The van der Waals surface area contributed by atoms with Crippen LogP contribution in [0.25, 0.3) is 0 Å². The number of rotatable bonds is 4. The number of alkyl halides is 1. The van der Waals surface area contributed by atoms with Crippen LogP contribution in [-0.4, -0.2) is 26.5 Å². The molecular formula is C8H14ClN5. The van der Waals surface area contributed by atoms with E-state index in [1.807, 2.05) is 13.8 Å². The molecule has 0 radical (unpaired) electrons. The van der Waals surface area contributed by atoms with E-state index >= 15 is 0 Å². The molecule has 0 spiro atoms. The fraction of sp³-hybridized carbons (Fsp3) is 0.625. The molecule has 5 nitrogen and oxygen atoms in total. The zero-order valence-electron chi connectivity index (χ0n) is 8.45. The van der Waals surface area contributed by atoms with Crippen LogP contribution in [0, 0.1) is 0 Å². The highest BCUT2D eigenvalue weighted by Crippen LogP contribution is 2.05. The Bertz CT molecular complexity index is 264. The normalized spacial score (nSPS) is 12.6. The van der Waals surface area contributed by atoms with Gasteiger partial charge in [0.15, 0.2) is 0 Å². The van der Waals surface area contributed by atoms with Crippen LogP contribution in [0.1, 0.15) is 20.8 Å². The summed E-state index contributed by atoms with van der Waals surface area (Å²) in [4.78, 5) is 12.0. The number of aromatic nitrogens is 3. The zero-order valence-corrected chi connectivity index (χ0v) is 9.21. The quantitative estimate of drug-likeness (QED) is 0.591. The maximum atomic E-state index is 5.74. The molecule has 1 atom stereocenters. The first kappa shape index (κ1) is 11.0. The third kappa shape index (κ3) is 3.74. The Hall–Kier alpha value is -1.10. The van der Waals surface area contributed by atoms with Gasteiger partial charge in [0.25, 0.3) is 0 Å². The van der Waals surface area contributed by atoms with E-state index in [0.29, 0.717) is 17.9 Å². The SMILES string of the molecule is CC(C)Nc1ncnc(NC(C)Cl)n1. The van der Waals surface area contributed by atoms with E-state index in [4.69, 9.17) is 11.6 Å². The zero-order chi connectivity index (χ0) is 10.6. The molecule has 1 unspecified atom stereocenters. The summed E-state index contributed by atoms with van der Waals surface area (Å²) >= 11 is 5.74. The predicted octanol–water partition coefficient (Wildman–Crippen LogP) is 1.69. The van der Waals surface area contributed by atoms with Gasteiger partial charge in [-0.2, -0.15) is 4.98 Å². The van der Waals surface area contributed by atoms with Gasteiger partial charge < -0.3 is 10.6 Å². The monoisotopic (exact) mass is 215 g/mol. The Morgan fingerprint density at radius 3 is 2.21 bits per heavy atom. The first-order valence-corrected chi connectivity index (χ1v) is 4.87. The first-order valence-electron chi connectivity index (χ1n) is 4.44. The van der Waals surface area contributed by atoms with Crippen LogP contribution in [-0.2, 0) is 0 Å². The maximum absolute atomic E-state index is 5.74. The van der Waals surface area contributed by atoms with Gasteiger partial charge in [-0.3, -0.25) is 0 Å². The average Bonchev–Trinajstić information content (AvgIpc) is 2.01. The summed E-state index contributed by atoms with van der Waals surface area (Å²) in [6.07, 6.45) is 1.44. The molecule has 0 saturated heterocycles. The molecule has 0 saturated carbocycles. The standard InChI is InChI=1S/C8H14ClN5/c1-5(2)12-7-10-4-11-8(14-7)13-6(3)9/h4-6H,1-3H3,(H2,10,11,12,13,14). The number of hydrogen-bond donors (Lipinski definition) is 2. The lowest BCUT2D eigenvalue weighted by Gasteiger charge is -2.09. The lowest BCUT2D eigenvalue weighted by Crippen LogP contribution is -2.15. The Labute approximate surface area is 88.3 Å². The molecule has 1 aromatic heterocycles. The van der Waals surface area contributed by atoms with Gasteiger partial charge in [0.1, 0.15) is 11.8 Å². The van der Waals surface area contributed by atoms with Crippen LogP contribution in [0.5, 0.6) is 0 Å². The Morgan fingerprint density at radius 1 is 1.14 bits per heavy atom. The minimum atomic E-state index is -0.204. The highest BCUT2D eigenvalue weighted by molar-refractivity contribution is 6.21. The highest BCUT2D eigenvalue weighted by atomic mass is 35.5. The molecule has 0 aromatic carbocycles. The summed E-state index contributed by atoms with van der Waals surface area (Å²) in [5.74, 6) is 1.03. The molecule has 14 heavy (non-hydrogen) atoms. The predicted molar refractivity (Wildman–Crippen MR) is 57.5 cm³/mol. The maximum Gasteiger partial charge on any atom is 0.228 e. The van der Waals surface area contributed by atoms with E-state index in [9.17, 15) is 0 Å². The molecule has 0 aliphatic heterocycles. The second-order valence-electron chi connectivity index (χ2n) is 3.19. The summed E-state index contributed by atoms with van der Waals surface area (Å²) in [6, 6.07) is 0.290. The van der Waals surface area contributed by atoms with Gasteiger partial charge in [0.05, 0.1) is 0 Å². The largest absolute Gasteiger partial charge is 0.352 e. The van der Waals surface area contributed by atoms with Crippen LogP contribution < -0.4 is 10.6 Å². The first-order chi connectivity index (χ1) is 6.58. The summed E-state index contributed by atoms with van der Waals surface area (Å²) in [5.41, 5.74) is -0.204. The van der Waals surface area contributed by atoms with Crippen molar-refractivity contribution in [3.63, 3.8) is 0 Å². The van der Waals surface area contributed by atoms with Gasteiger partial charge in [-0.15, -0.1) is 0 Å². The molecular weight excluding hydrogens is 202 g/mol. The lowest BCUT2D eigenvalue weighted by atomic mass is 10.4. The second-order valence-corrected chi connectivity index (χ2v) is 3.85. The summed E-state index contributed by atoms with van der Waals surface area (Å²) in [7, 11) is 0. The molecule has 2 N–H and O–H groups in total. The summed E-state index contributed by atoms with van der Waals surface area (Å²) < 4.78 is 0. The van der Waals surface area contributed by atoms with E-state index in [0.717, 1.165) is 0 Å². The number of halogens is 1. The van der Waals surface area contributed by atoms with E-state index in [1.54, 1.807) is 6.92 Å². The van der Waals surface area contributed by atoms with Crippen molar-refractivity contribution in [3.8, 4) is 0 Å². The number of nitrogens with one attached hydrogen (secondary N) is 2. The Morgan fingerprint density at radius 2 is 1.71 bits per heavy atom. The van der Waals surface area contributed by atoms with E-state index in [1.165, 1.54) is 6.33 Å². The van der Waals surface area contributed by atoms with Gasteiger partial charge in [-0.05, 0) is 20.8 Å². The number of anilines is 2. The third-order valence-electron chi connectivity index (χ3n) is 1.32. The van der Waals surface area contributed by atoms with E-state index in [-0.39, 0.29) is 5.50 Å². The van der Waals surface area contributed by atoms with Crippen molar-refractivity contribution in [1.29, 1.82) is 0 Å². The van der Waals surface area contributed by atoms with Gasteiger partial charge in [0.2, 0.25) is 11.9 Å². The summed E-state index contributed by atoms with van der Waals surface area (Å²) in [6.45, 7) is 5.84. The van der Waals surface area contributed by atoms with E-state index in [2.05, 4.69) is 25.6 Å². The number of hydrogen-bond acceptors (Lipinski definition) is 5. The molecule has 0 aliphatic carbocycles. The highest BCUT2D eigenvalue weighted by Gasteiger charge is 2.03. The van der Waals surface area contributed by atoms with Gasteiger partial charge in [0, 0.05) is 6.04 Å². The Balaban J connectivity index is 2.68. The molecule has 0 fully saturated rings. The minimum absolute atomic E-state index is 0.204. The molecule has 0 amide bonds. The number of nitrogens with zero attached hydrogens (tertiary/aromatic N) is 3. The molecule has 1 aromatic rings. The van der Waals surface area contributed by atoms with Crippen LogP contribution in [0.4, 0.5) is 11.9 Å². The van der Waals surface area contributed by atoms with Crippen LogP contribution in [0.15, 0.2) is 6.33 Å². The van der Waals surface area contributed by atoms with Crippen molar-refractivity contribution in [3.05, 3.63) is 6.33 Å². The lowest BCUT2D eigenvalue weighted by molar-refractivity contribution is 0.864. The fourth-order valence-corrected chi connectivity index (χ4v) is 0.969. The van der Waals surface area contributed by atoms with Crippen molar-refractivity contribution in [2.24, 2.45) is 0 Å². The summed E-state index contributed by atoms with van der Waals surface area (Å²) in [5, 5.41) is 5.95. The van der Waals surface area contributed by atoms with Gasteiger partial charge >= 0.3 is 0 Å². The van der Waals surface area contributed by atoms with Crippen molar-refractivity contribution in [2.75, 3.05) is 10.6 Å². The topological polar surface area (TPSA) is 62.7 Å². The van der Waals surface area contributed by atoms with Crippen molar-refractivity contribution >= 4 is 23.5 Å². The molecule has 0 bridgehead atoms. The van der Waals surface area contributed by atoms with Crippen LogP contribution >= 0.6 is 11.6 Å². The van der Waals surface area contributed by atoms with Crippen LogP contribution in [0.2, 0.25) is 0 Å². The molecule has 78 valence electrons. The van der Waals surface area contributed by atoms with E-state index < -0.39 is 0 Å². The van der Waals surface area contributed by atoms with Gasteiger partial charge in [-0.25, -0.2) is 9.97 Å². The van der Waals surface area contributed by atoms with Crippen LogP contribution in [0.3, 0.4) is 0 Å². The van der Waals surface area contributed by atoms with Crippen molar-refractivity contribution < 1.29 is 0 Å². The van der Waals surface area contributed by atoms with Crippen molar-refractivity contribution in [2.45, 2.75) is 32.3 Å². The molecule has 1 heterocycles. The van der Waals surface area contributed by atoms with Crippen molar-refractivity contribution in [1.82, 2.24) is 15.0 Å². The average molecular weight is 216 g/mol. The molecule has 0 aliphatic rings.